The zero-order chi connectivity index (χ0) is 18.0. The summed E-state index contributed by atoms with van der Waals surface area (Å²) in [5, 5.41) is 0.999. The first-order valence-electron chi connectivity index (χ1n) is 8.04. The summed E-state index contributed by atoms with van der Waals surface area (Å²) in [6.07, 6.45) is 1.40. The number of hydrogen-bond acceptors (Lipinski definition) is 3. The van der Waals surface area contributed by atoms with E-state index in [1.54, 1.807) is 6.20 Å². The van der Waals surface area contributed by atoms with Crippen molar-refractivity contribution in [1.29, 1.82) is 0 Å². The molecule has 0 atom stereocenters. The topological polar surface area (TPSA) is 40.5 Å². The second-order valence-corrected chi connectivity index (χ2v) is 7.94. The number of benzene rings is 2. The summed E-state index contributed by atoms with van der Waals surface area (Å²) in [5.74, 6) is 0.718. The van der Waals surface area contributed by atoms with Gasteiger partial charge < -0.3 is 9.47 Å². The summed E-state index contributed by atoms with van der Waals surface area (Å²) >= 11 is 2.22. The maximum atomic E-state index is 12.5. The Morgan fingerprint density at radius 3 is 2.52 bits per heavy atom. The van der Waals surface area contributed by atoms with Crippen molar-refractivity contribution in [2.45, 2.75) is 33.0 Å². The van der Waals surface area contributed by atoms with Crippen LogP contribution in [0.4, 0.5) is 4.79 Å². The van der Waals surface area contributed by atoms with Crippen LogP contribution in [-0.4, -0.2) is 16.3 Å². The van der Waals surface area contributed by atoms with Crippen molar-refractivity contribution in [3.8, 4) is 5.75 Å². The van der Waals surface area contributed by atoms with Gasteiger partial charge in [0.25, 0.3) is 0 Å². The van der Waals surface area contributed by atoms with Gasteiger partial charge in [-0.15, -0.1) is 0 Å². The van der Waals surface area contributed by atoms with Gasteiger partial charge in [-0.05, 0) is 61.1 Å². The molecule has 3 rings (SSSR count). The van der Waals surface area contributed by atoms with E-state index < -0.39 is 5.60 Å². The third-order valence-electron chi connectivity index (χ3n) is 3.57. The molecule has 25 heavy (non-hydrogen) atoms. The molecule has 0 aliphatic rings. The van der Waals surface area contributed by atoms with E-state index in [2.05, 4.69) is 22.6 Å². The smallest absolute Gasteiger partial charge is 0.419 e. The molecule has 0 N–H and O–H groups in total. The fraction of sp³-hybridized carbons (Fsp3) is 0.250. The van der Waals surface area contributed by atoms with Crippen molar-refractivity contribution in [3.63, 3.8) is 0 Å². The molecule has 5 heteroatoms. The van der Waals surface area contributed by atoms with Crippen molar-refractivity contribution in [1.82, 2.24) is 4.57 Å². The molecule has 2 aromatic carbocycles. The first-order valence-corrected chi connectivity index (χ1v) is 9.12. The molecule has 130 valence electrons. The van der Waals surface area contributed by atoms with E-state index in [1.165, 1.54) is 4.57 Å². The Kier molecular flexibility index (Phi) is 5.03. The molecular weight excluding hydrogens is 429 g/mol. The molecule has 0 aliphatic carbocycles. The average molecular weight is 449 g/mol. The van der Waals surface area contributed by atoms with E-state index in [4.69, 9.17) is 9.47 Å². The van der Waals surface area contributed by atoms with Gasteiger partial charge in [0, 0.05) is 21.2 Å². The summed E-state index contributed by atoms with van der Waals surface area (Å²) in [5.41, 5.74) is 1.34. The maximum absolute atomic E-state index is 12.5. The third-order valence-corrected chi connectivity index (χ3v) is 4.43. The van der Waals surface area contributed by atoms with E-state index in [-0.39, 0.29) is 6.09 Å². The number of fused-ring (bicyclic) bond motifs is 1. The number of carbonyl (C=O) groups is 1. The largest absolute Gasteiger partial charge is 0.489 e. The number of halogens is 1. The number of carbonyl (C=O) groups excluding carboxylic acids is 1. The van der Waals surface area contributed by atoms with Crippen LogP contribution in [0, 0.1) is 3.57 Å². The van der Waals surface area contributed by atoms with Gasteiger partial charge in [-0.1, -0.05) is 30.3 Å². The van der Waals surface area contributed by atoms with Gasteiger partial charge in [0.2, 0.25) is 0 Å². The molecule has 1 heterocycles. The van der Waals surface area contributed by atoms with Gasteiger partial charge >= 0.3 is 6.09 Å². The second kappa shape index (κ2) is 7.07. The third kappa shape index (κ3) is 4.34. The van der Waals surface area contributed by atoms with Crippen molar-refractivity contribution in [2.75, 3.05) is 0 Å². The highest BCUT2D eigenvalue weighted by molar-refractivity contribution is 14.1. The fourth-order valence-corrected chi connectivity index (χ4v) is 3.19. The lowest BCUT2D eigenvalue weighted by atomic mass is 10.2. The van der Waals surface area contributed by atoms with E-state index in [0.717, 1.165) is 25.8 Å². The molecule has 0 spiro atoms. The van der Waals surface area contributed by atoms with Crippen LogP contribution in [0.1, 0.15) is 26.3 Å². The van der Waals surface area contributed by atoms with Gasteiger partial charge in [-0.2, -0.15) is 0 Å². The SMILES string of the molecule is CC(C)(C)OC(=O)n1cc(I)c2ccc(OCc3ccccc3)cc21. The minimum absolute atomic E-state index is 0.388. The van der Waals surface area contributed by atoms with E-state index in [1.807, 2.05) is 69.3 Å². The fourth-order valence-electron chi connectivity index (χ4n) is 2.46. The molecule has 0 amide bonds. The Bertz CT molecular complexity index is 894. The molecular formula is C20H20INO3. The number of nitrogens with zero attached hydrogens (tertiary/aromatic N) is 1. The summed E-state index contributed by atoms with van der Waals surface area (Å²) in [6.45, 7) is 6.05. The Balaban J connectivity index is 1.88. The van der Waals surface area contributed by atoms with Crippen molar-refractivity contribution in [3.05, 3.63) is 63.9 Å². The minimum Gasteiger partial charge on any atom is -0.489 e. The molecule has 1 aromatic heterocycles. The van der Waals surface area contributed by atoms with Crippen molar-refractivity contribution in [2.24, 2.45) is 0 Å². The lowest BCUT2D eigenvalue weighted by Gasteiger charge is -2.19. The van der Waals surface area contributed by atoms with Crippen LogP contribution in [0.25, 0.3) is 10.9 Å². The Hall–Kier alpha value is -2.02. The molecule has 0 saturated carbocycles. The molecule has 0 saturated heterocycles. The van der Waals surface area contributed by atoms with Gasteiger partial charge in [0.15, 0.2) is 0 Å². The highest BCUT2D eigenvalue weighted by Crippen LogP contribution is 2.28. The van der Waals surface area contributed by atoms with Crippen LogP contribution in [-0.2, 0) is 11.3 Å². The van der Waals surface area contributed by atoms with Crippen LogP contribution >= 0.6 is 22.6 Å². The van der Waals surface area contributed by atoms with Crippen LogP contribution < -0.4 is 4.74 Å². The van der Waals surface area contributed by atoms with Gasteiger partial charge in [0.05, 0.1) is 5.52 Å². The summed E-state index contributed by atoms with van der Waals surface area (Å²) < 4.78 is 13.9. The lowest BCUT2D eigenvalue weighted by molar-refractivity contribution is 0.0544. The summed E-state index contributed by atoms with van der Waals surface area (Å²) in [7, 11) is 0. The molecule has 0 unspecified atom stereocenters. The Morgan fingerprint density at radius 2 is 1.84 bits per heavy atom. The van der Waals surface area contributed by atoms with E-state index >= 15 is 0 Å². The normalized spacial score (nSPS) is 11.5. The highest BCUT2D eigenvalue weighted by atomic mass is 127. The quantitative estimate of drug-likeness (QED) is 0.489. The Labute approximate surface area is 160 Å². The average Bonchev–Trinajstić information content (AvgIpc) is 2.89. The molecule has 3 aromatic rings. The van der Waals surface area contributed by atoms with Crippen molar-refractivity contribution < 1.29 is 14.3 Å². The maximum Gasteiger partial charge on any atom is 0.419 e. The molecule has 0 radical (unpaired) electrons. The molecule has 0 aliphatic heterocycles. The van der Waals surface area contributed by atoms with E-state index in [0.29, 0.717) is 6.61 Å². The summed E-state index contributed by atoms with van der Waals surface area (Å²) in [6, 6.07) is 15.8. The van der Waals surface area contributed by atoms with Crippen molar-refractivity contribution >= 4 is 39.6 Å². The predicted molar refractivity (Wildman–Crippen MR) is 107 cm³/mol. The van der Waals surface area contributed by atoms with Gasteiger partial charge in [0.1, 0.15) is 18.0 Å². The van der Waals surface area contributed by atoms with E-state index in [9.17, 15) is 4.79 Å². The molecule has 4 nitrogen and oxygen atoms in total. The zero-order valence-electron chi connectivity index (χ0n) is 14.5. The second-order valence-electron chi connectivity index (χ2n) is 6.78. The zero-order valence-corrected chi connectivity index (χ0v) is 16.6. The van der Waals surface area contributed by atoms with Crippen LogP contribution in [0.3, 0.4) is 0 Å². The predicted octanol–water partition coefficient (Wildman–Crippen LogP) is 5.61. The molecule has 0 bridgehead atoms. The Morgan fingerprint density at radius 1 is 1.12 bits per heavy atom. The first-order chi connectivity index (χ1) is 11.8. The standard InChI is InChI=1S/C20H20INO3/c1-20(2,3)25-19(23)22-12-17(21)16-10-9-15(11-18(16)22)24-13-14-7-5-4-6-8-14/h4-12H,13H2,1-3H3. The number of ether oxygens (including phenoxy) is 2. The van der Waals surface area contributed by atoms with Gasteiger partial charge in [-0.25, -0.2) is 4.79 Å². The van der Waals surface area contributed by atoms with Crippen LogP contribution in [0.15, 0.2) is 54.7 Å². The van der Waals surface area contributed by atoms with Crippen LogP contribution in [0.2, 0.25) is 0 Å². The number of aromatic nitrogens is 1. The highest BCUT2D eigenvalue weighted by Gasteiger charge is 2.20. The molecule has 0 fully saturated rings. The first kappa shape index (κ1) is 17.8. The van der Waals surface area contributed by atoms with Crippen LogP contribution in [0.5, 0.6) is 5.75 Å². The number of hydrogen-bond donors (Lipinski definition) is 0. The minimum atomic E-state index is -0.541. The monoisotopic (exact) mass is 449 g/mol. The van der Waals surface area contributed by atoms with Gasteiger partial charge in [-0.3, -0.25) is 4.57 Å². The summed E-state index contributed by atoms with van der Waals surface area (Å²) in [4.78, 5) is 12.5. The number of rotatable bonds is 3. The lowest BCUT2D eigenvalue weighted by Crippen LogP contribution is -2.26.